The zero-order valence-corrected chi connectivity index (χ0v) is 13.0. The summed E-state index contributed by atoms with van der Waals surface area (Å²) < 4.78 is 39.7. The molecule has 2 N–H and O–H groups in total. The van der Waals surface area contributed by atoms with Crippen LogP contribution in [-0.4, -0.2) is 36.8 Å². The van der Waals surface area contributed by atoms with E-state index in [0.717, 1.165) is 29.0 Å². The number of pyridine rings is 1. The third-order valence-electron chi connectivity index (χ3n) is 3.98. The highest BCUT2D eigenvalue weighted by Gasteiger charge is 2.36. The van der Waals surface area contributed by atoms with E-state index in [2.05, 4.69) is 25.4 Å². The molecule has 0 spiro atoms. The first-order valence-electron chi connectivity index (χ1n) is 7.53. The van der Waals surface area contributed by atoms with Crippen molar-refractivity contribution in [3.63, 3.8) is 0 Å². The van der Waals surface area contributed by atoms with Crippen LogP contribution in [0.5, 0.6) is 0 Å². The van der Waals surface area contributed by atoms with E-state index in [1.807, 2.05) is 24.4 Å². The van der Waals surface area contributed by atoms with Crippen molar-refractivity contribution in [3.05, 3.63) is 43.0 Å². The molecule has 4 aromatic rings. The van der Waals surface area contributed by atoms with E-state index in [0.29, 0.717) is 5.65 Å². The van der Waals surface area contributed by atoms with E-state index in [1.54, 1.807) is 16.9 Å². The summed E-state index contributed by atoms with van der Waals surface area (Å²) in [5, 5.41) is 7.14. The maximum Gasteiger partial charge on any atom is 0.408 e. The number of fused-ring (bicyclic) bond motifs is 2. The number of nitrogens with zero attached hydrogens (tertiary/aromatic N) is 4. The topological polar surface area (TPSA) is 70.9 Å². The van der Waals surface area contributed by atoms with Crippen molar-refractivity contribution >= 4 is 22.5 Å². The van der Waals surface area contributed by atoms with Gasteiger partial charge in [-0.2, -0.15) is 23.3 Å². The largest absolute Gasteiger partial charge is 0.408 e. The molecule has 0 saturated heterocycles. The molecule has 0 amide bonds. The predicted molar refractivity (Wildman–Crippen MR) is 87.2 cm³/mol. The van der Waals surface area contributed by atoms with Crippen molar-refractivity contribution in [3.8, 4) is 11.1 Å². The number of nitrogens with one attached hydrogen (secondary N) is 2. The number of hydrogen-bond donors (Lipinski definition) is 2. The standard InChI is InChI=1S/C16H13F3N6/c1-9(16(17,18)19)23-15-21-8-13-12(7-20-14(13)24-15)10-3-5-25-11(6-10)2-4-22-25/h2-9H,1H3,(H2,20,21,23,24)/t9-/m0/s1. The molecular formula is C16H13F3N6. The Morgan fingerprint density at radius 2 is 2.12 bits per heavy atom. The highest BCUT2D eigenvalue weighted by molar-refractivity contribution is 5.94. The molecule has 128 valence electrons. The molecular weight excluding hydrogens is 333 g/mol. The van der Waals surface area contributed by atoms with Gasteiger partial charge < -0.3 is 10.3 Å². The number of alkyl halides is 3. The predicted octanol–water partition coefficient (Wildman–Crippen LogP) is 3.64. The van der Waals surface area contributed by atoms with Gasteiger partial charge in [0.25, 0.3) is 0 Å². The van der Waals surface area contributed by atoms with Gasteiger partial charge in [0.15, 0.2) is 0 Å². The van der Waals surface area contributed by atoms with Gasteiger partial charge in [-0.25, -0.2) is 9.50 Å². The van der Waals surface area contributed by atoms with E-state index in [9.17, 15) is 13.2 Å². The van der Waals surface area contributed by atoms with Crippen LogP contribution in [0.4, 0.5) is 19.1 Å². The fourth-order valence-corrected chi connectivity index (χ4v) is 2.58. The maximum atomic E-state index is 12.6. The van der Waals surface area contributed by atoms with Gasteiger partial charge >= 0.3 is 6.18 Å². The molecule has 4 heterocycles. The Kier molecular flexibility index (Phi) is 3.38. The second-order valence-corrected chi connectivity index (χ2v) is 5.68. The average molecular weight is 346 g/mol. The van der Waals surface area contributed by atoms with E-state index >= 15 is 0 Å². The smallest absolute Gasteiger partial charge is 0.345 e. The van der Waals surface area contributed by atoms with Crippen LogP contribution in [0.25, 0.3) is 27.7 Å². The SMILES string of the molecule is C[C@H](Nc1ncc2c(-c3ccn4nccc4c3)c[nH]c2n1)C(F)(F)F. The average Bonchev–Trinajstić information content (AvgIpc) is 3.19. The highest BCUT2D eigenvalue weighted by Crippen LogP contribution is 2.29. The number of anilines is 1. The van der Waals surface area contributed by atoms with Crippen LogP contribution in [-0.2, 0) is 0 Å². The van der Waals surface area contributed by atoms with Gasteiger partial charge in [-0.15, -0.1) is 0 Å². The molecule has 0 radical (unpaired) electrons. The lowest BCUT2D eigenvalue weighted by atomic mass is 10.1. The first-order chi connectivity index (χ1) is 11.9. The summed E-state index contributed by atoms with van der Waals surface area (Å²) in [5.41, 5.74) is 3.21. The minimum Gasteiger partial charge on any atom is -0.345 e. The fourth-order valence-electron chi connectivity index (χ4n) is 2.58. The summed E-state index contributed by atoms with van der Waals surface area (Å²) in [7, 11) is 0. The van der Waals surface area contributed by atoms with Crippen molar-refractivity contribution in [1.82, 2.24) is 24.6 Å². The Balaban J connectivity index is 1.70. The van der Waals surface area contributed by atoms with Gasteiger partial charge in [-0.1, -0.05) is 0 Å². The van der Waals surface area contributed by atoms with Gasteiger partial charge in [0.05, 0.1) is 5.52 Å². The molecule has 0 aliphatic carbocycles. The summed E-state index contributed by atoms with van der Waals surface area (Å²) in [4.78, 5) is 11.1. The lowest BCUT2D eigenvalue weighted by Crippen LogP contribution is -2.33. The zero-order chi connectivity index (χ0) is 17.6. The summed E-state index contributed by atoms with van der Waals surface area (Å²) in [6.07, 6.45) is 2.46. The van der Waals surface area contributed by atoms with Crippen LogP contribution < -0.4 is 5.32 Å². The molecule has 0 aliphatic rings. The lowest BCUT2D eigenvalue weighted by molar-refractivity contribution is -0.138. The second-order valence-electron chi connectivity index (χ2n) is 5.68. The van der Waals surface area contributed by atoms with Crippen LogP contribution in [0.1, 0.15) is 6.92 Å². The van der Waals surface area contributed by atoms with Crippen LogP contribution in [0.3, 0.4) is 0 Å². The highest BCUT2D eigenvalue weighted by atomic mass is 19.4. The summed E-state index contributed by atoms with van der Waals surface area (Å²) in [5.74, 6) is -0.0723. The molecule has 0 bridgehead atoms. The summed E-state index contributed by atoms with van der Waals surface area (Å²) in [6.45, 7) is 1.02. The third-order valence-corrected chi connectivity index (χ3v) is 3.98. The molecule has 1 atom stereocenters. The first kappa shape index (κ1) is 15.4. The molecule has 0 unspecified atom stereocenters. The molecule has 25 heavy (non-hydrogen) atoms. The van der Waals surface area contributed by atoms with Crippen molar-refractivity contribution < 1.29 is 13.2 Å². The van der Waals surface area contributed by atoms with Crippen molar-refractivity contribution in [2.75, 3.05) is 5.32 Å². The minimum absolute atomic E-state index is 0.0723. The Bertz CT molecular complexity index is 1050. The Hall–Kier alpha value is -3.10. The molecule has 0 saturated carbocycles. The molecule has 0 aromatic carbocycles. The van der Waals surface area contributed by atoms with Crippen LogP contribution in [0.15, 0.2) is 43.0 Å². The number of halogens is 3. The summed E-state index contributed by atoms with van der Waals surface area (Å²) >= 11 is 0. The Morgan fingerprint density at radius 1 is 1.28 bits per heavy atom. The summed E-state index contributed by atoms with van der Waals surface area (Å²) in [6, 6.07) is 4.02. The monoisotopic (exact) mass is 346 g/mol. The van der Waals surface area contributed by atoms with Gasteiger partial charge in [-0.05, 0) is 30.7 Å². The van der Waals surface area contributed by atoms with E-state index in [-0.39, 0.29) is 5.95 Å². The van der Waals surface area contributed by atoms with Crippen LogP contribution >= 0.6 is 0 Å². The zero-order valence-electron chi connectivity index (χ0n) is 13.0. The quantitative estimate of drug-likeness (QED) is 0.594. The number of aromatic nitrogens is 5. The fraction of sp³-hybridized carbons (Fsp3) is 0.188. The van der Waals surface area contributed by atoms with E-state index in [1.165, 1.54) is 6.20 Å². The number of rotatable bonds is 3. The van der Waals surface area contributed by atoms with Gasteiger partial charge in [-0.3, -0.25) is 0 Å². The van der Waals surface area contributed by atoms with Gasteiger partial charge in [0.1, 0.15) is 11.7 Å². The maximum absolute atomic E-state index is 12.6. The van der Waals surface area contributed by atoms with Gasteiger partial charge in [0, 0.05) is 35.7 Å². The van der Waals surface area contributed by atoms with Gasteiger partial charge in [0.2, 0.25) is 5.95 Å². The van der Waals surface area contributed by atoms with E-state index < -0.39 is 12.2 Å². The number of H-pyrrole nitrogens is 1. The molecule has 6 nitrogen and oxygen atoms in total. The number of hydrogen-bond acceptors (Lipinski definition) is 4. The molecule has 4 aromatic heterocycles. The molecule has 9 heteroatoms. The normalized spacial score (nSPS) is 13.4. The third kappa shape index (κ3) is 2.77. The number of aromatic amines is 1. The Labute approximate surface area is 139 Å². The molecule has 4 rings (SSSR count). The Morgan fingerprint density at radius 3 is 2.92 bits per heavy atom. The molecule has 0 aliphatic heterocycles. The van der Waals surface area contributed by atoms with Crippen molar-refractivity contribution in [2.45, 2.75) is 19.1 Å². The minimum atomic E-state index is -4.36. The van der Waals surface area contributed by atoms with Crippen LogP contribution in [0, 0.1) is 0 Å². The lowest BCUT2D eigenvalue weighted by Gasteiger charge is -2.16. The molecule has 0 fully saturated rings. The first-order valence-corrected chi connectivity index (χ1v) is 7.53. The van der Waals surface area contributed by atoms with Crippen molar-refractivity contribution in [2.24, 2.45) is 0 Å². The van der Waals surface area contributed by atoms with Crippen LogP contribution in [0.2, 0.25) is 0 Å². The van der Waals surface area contributed by atoms with E-state index in [4.69, 9.17) is 0 Å². The second kappa shape index (κ2) is 5.47. The van der Waals surface area contributed by atoms with Crippen molar-refractivity contribution in [1.29, 1.82) is 0 Å².